The molecule has 1 aromatic rings. The monoisotopic (exact) mass is 372 g/mol. The summed E-state index contributed by atoms with van der Waals surface area (Å²) in [5.74, 6) is -0.108. The maximum Gasteiger partial charge on any atom is 0.253 e. The van der Waals surface area contributed by atoms with Gasteiger partial charge in [0, 0.05) is 18.8 Å². The Morgan fingerprint density at radius 2 is 2.08 bits per heavy atom. The molecule has 1 saturated heterocycles. The smallest absolute Gasteiger partial charge is 0.253 e. The van der Waals surface area contributed by atoms with Gasteiger partial charge in [-0.3, -0.25) is 4.79 Å². The Hall–Kier alpha value is -1.18. The molecule has 1 fully saturated rings. The van der Waals surface area contributed by atoms with E-state index in [0.717, 1.165) is 23.2 Å². The molecule has 142 valence electrons. The lowest BCUT2D eigenvalue weighted by molar-refractivity contribution is -0.126. The van der Waals surface area contributed by atoms with Crippen molar-refractivity contribution in [2.24, 2.45) is 5.73 Å². The molecule has 0 spiro atoms. The van der Waals surface area contributed by atoms with Crippen molar-refractivity contribution in [2.75, 3.05) is 31.7 Å². The van der Waals surface area contributed by atoms with Crippen LogP contribution in [0.1, 0.15) is 30.9 Å². The predicted octanol–water partition coefficient (Wildman–Crippen LogP) is 2.41. The number of benzene rings is 1. The van der Waals surface area contributed by atoms with Gasteiger partial charge in [-0.15, -0.1) is 12.4 Å². The summed E-state index contributed by atoms with van der Waals surface area (Å²) >= 11 is 0. The largest absolute Gasteiger partial charge is 0.379 e. The summed E-state index contributed by atoms with van der Waals surface area (Å²) in [5.41, 5.74) is 8.45. The summed E-state index contributed by atoms with van der Waals surface area (Å²) in [6, 6.07) is 5.82. The molecule has 7 heteroatoms. The summed E-state index contributed by atoms with van der Waals surface area (Å²) in [5, 5.41) is 2.96. The first-order valence-electron chi connectivity index (χ1n) is 8.56. The number of anilines is 1. The zero-order valence-corrected chi connectivity index (χ0v) is 15.8. The summed E-state index contributed by atoms with van der Waals surface area (Å²) in [4.78, 5) is 12.3. The minimum absolute atomic E-state index is 0. The van der Waals surface area contributed by atoms with Gasteiger partial charge in [0.15, 0.2) is 0 Å². The quantitative estimate of drug-likeness (QED) is 0.650. The Morgan fingerprint density at radius 3 is 2.76 bits per heavy atom. The van der Waals surface area contributed by atoms with Gasteiger partial charge in [-0.1, -0.05) is 12.1 Å². The van der Waals surface area contributed by atoms with Gasteiger partial charge in [0.05, 0.1) is 25.9 Å². The number of carbonyl (C=O) groups is 1. The summed E-state index contributed by atoms with van der Waals surface area (Å²) in [6.45, 7) is 6.73. The molecule has 1 aliphatic rings. The van der Waals surface area contributed by atoms with Crippen LogP contribution in [0.5, 0.6) is 0 Å². The van der Waals surface area contributed by atoms with E-state index in [0.29, 0.717) is 39.4 Å². The molecule has 6 nitrogen and oxygen atoms in total. The van der Waals surface area contributed by atoms with E-state index < -0.39 is 6.10 Å². The fourth-order valence-corrected chi connectivity index (χ4v) is 2.70. The van der Waals surface area contributed by atoms with Crippen molar-refractivity contribution in [3.8, 4) is 0 Å². The summed E-state index contributed by atoms with van der Waals surface area (Å²) in [7, 11) is 0. The Labute approximate surface area is 155 Å². The van der Waals surface area contributed by atoms with Crippen molar-refractivity contribution < 1.29 is 19.0 Å². The number of ether oxygens (including phenoxy) is 3. The van der Waals surface area contributed by atoms with Crippen LogP contribution in [0.4, 0.5) is 5.69 Å². The molecule has 0 bridgehead atoms. The number of hydrogen-bond acceptors (Lipinski definition) is 5. The molecule has 3 N–H and O–H groups in total. The van der Waals surface area contributed by atoms with Gasteiger partial charge in [-0.25, -0.2) is 0 Å². The molecule has 1 aliphatic heterocycles. The zero-order chi connectivity index (χ0) is 17.4. The third-order valence-corrected chi connectivity index (χ3v) is 4.20. The number of halogens is 1. The first kappa shape index (κ1) is 21.9. The van der Waals surface area contributed by atoms with Gasteiger partial charge in [0.25, 0.3) is 5.91 Å². The molecule has 2 atom stereocenters. The van der Waals surface area contributed by atoms with Crippen LogP contribution in [0.15, 0.2) is 18.2 Å². The molecule has 0 saturated carbocycles. The van der Waals surface area contributed by atoms with Gasteiger partial charge in [-0.05, 0) is 43.9 Å². The highest BCUT2D eigenvalue weighted by molar-refractivity contribution is 5.95. The Morgan fingerprint density at radius 1 is 1.32 bits per heavy atom. The molecule has 0 radical (unpaired) electrons. The molecule has 2 rings (SSSR count). The topological polar surface area (TPSA) is 82.8 Å². The molecule has 1 aromatic carbocycles. The number of carbonyl (C=O) groups excluding carboxylic acids is 1. The van der Waals surface area contributed by atoms with Gasteiger partial charge < -0.3 is 25.3 Å². The Bertz CT molecular complexity index is 542. The molecular weight excluding hydrogens is 344 g/mol. The molecule has 25 heavy (non-hydrogen) atoms. The highest BCUT2D eigenvalue weighted by atomic mass is 35.5. The average Bonchev–Trinajstić information content (AvgIpc) is 3.07. The van der Waals surface area contributed by atoms with E-state index in [2.05, 4.69) is 5.32 Å². The normalized spacial score (nSPS) is 19.5. The zero-order valence-electron chi connectivity index (χ0n) is 15.0. The average molecular weight is 373 g/mol. The lowest BCUT2D eigenvalue weighted by Crippen LogP contribution is -2.30. The molecular formula is C18H29ClN2O4. The predicted molar refractivity (Wildman–Crippen MR) is 100 cm³/mol. The van der Waals surface area contributed by atoms with Crippen LogP contribution in [-0.2, 0) is 25.6 Å². The van der Waals surface area contributed by atoms with Gasteiger partial charge in [0.1, 0.15) is 6.10 Å². The SMILES string of the molecule is CCOCCOCc1cccc(NC(=O)[C@@H]2CC[C@H](CN)O2)c1C.Cl. The number of nitrogens with two attached hydrogens (primary N) is 1. The van der Waals surface area contributed by atoms with Crippen molar-refractivity contribution in [1.82, 2.24) is 0 Å². The second-order valence-electron chi connectivity index (χ2n) is 5.89. The van der Waals surface area contributed by atoms with Crippen molar-refractivity contribution in [2.45, 2.75) is 45.5 Å². The van der Waals surface area contributed by atoms with Crippen LogP contribution in [0.2, 0.25) is 0 Å². The van der Waals surface area contributed by atoms with Crippen molar-refractivity contribution >= 4 is 24.0 Å². The van der Waals surface area contributed by atoms with Crippen molar-refractivity contribution in [3.63, 3.8) is 0 Å². The van der Waals surface area contributed by atoms with E-state index in [1.165, 1.54) is 0 Å². The minimum Gasteiger partial charge on any atom is -0.379 e. The number of hydrogen-bond donors (Lipinski definition) is 2. The molecule has 1 heterocycles. The molecule has 0 aliphatic carbocycles. The van der Waals surface area contributed by atoms with E-state index in [1.54, 1.807) is 0 Å². The van der Waals surface area contributed by atoms with Gasteiger partial charge in [0.2, 0.25) is 0 Å². The van der Waals surface area contributed by atoms with Gasteiger partial charge >= 0.3 is 0 Å². The van der Waals surface area contributed by atoms with Crippen LogP contribution >= 0.6 is 12.4 Å². The van der Waals surface area contributed by atoms with E-state index >= 15 is 0 Å². The first-order valence-corrected chi connectivity index (χ1v) is 8.56. The lowest BCUT2D eigenvalue weighted by atomic mass is 10.1. The fourth-order valence-electron chi connectivity index (χ4n) is 2.70. The summed E-state index contributed by atoms with van der Waals surface area (Å²) in [6.07, 6.45) is 1.13. The first-order chi connectivity index (χ1) is 11.7. The van der Waals surface area contributed by atoms with Gasteiger partial charge in [-0.2, -0.15) is 0 Å². The Balaban J connectivity index is 0.00000312. The third kappa shape index (κ3) is 6.56. The highest BCUT2D eigenvalue weighted by Crippen LogP contribution is 2.23. The second-order valence-corrected chi connectivity index (χ2v) is 5.89. The van der Waals surface area contributed by atoms with Crippen LogP contribution in [-0.4, -0.2) is 44.5 Å². The van der Waals surface area contributed by atoms with Crippen molar-refractivity contribution in [3.05, 3.63) is 29.3 Å². The standard InChI is InChI=1S/C18H28N2O4.ClH/c1-3-22-9-10-23-12-14-5-4-6-16(13(14)2)20-18(21)17-8-7-15(11-19)24-17;/h4-6,15,17H,3,7-12,19H2,1-2H3,(H,20,21);1H/t15-,17+;/m1./s1. The second kappa shape index (κ2) is 11.4. The Kier molecular flexibility index (Phi) is 10.0. The third-order valence-electron chi connectivity index (χ3n) is 4.20. The van der Waals surface area contributed by atoms with E-state index in [-0.39, 0.29) is 24.4 Å². The van der Waals surface area contributed by atoms with Crippen LogP contribution in [0, 0.1) is 6.92 Å². The molecule has 0 aromatic heterocycles. The van der Waals surface area contributed by atoms with Crippen LogP contribution < -0.4 is 11.1 Å². The summed E-state index contributed by atoms with van der Waals surface area (Å²) < 4.78 is 16.5. The number of amides is 1. The lowest BCUT2D eigenvalue weighted by Gasteiger charge is -2.16. The fraction of sp³-hybridized carbons (Fsp3) is 0.611. The highest BCUT2D eigenvalue weighted by Gasteiger charge is 2.30. The number of rotatable bonds is 9. The van der Waals surface area contributed by atoms with E-state index in [4.69, 9.17) is 19.9 Å². The van der Waals surface area contributed by atoms with Crippen molar-refractivity contribution in [1.29, 1.82) is 0 Å². The maximum atomic E-state index is 12.3. The molecule has 1 amide bonds. The van der Waals surface area contributed by atoms with Crippen LogP contribution in [0.3, 0.4) is 0 Å². The van der Waals surface area contributed by atoms with E-state index in [9.17, 15) is 4.79 Å². The van der Waals surface area contributed by atoms with E-state index in [1.807, 2.05) is 32.0 Å². The van der Waals surface area contributed by atoms with Crippen LogP contribution in [0.25, 0.3) is 0 Å². The number of nitrogens with one attached hydrogen (secondary N) is 1. The minimum atomic E-state index is -0.413. The maximum absolute atomic E-state index is 12.3. The molecule has 0 unspecified atom stereocenters.